The van der Waals surface area contributed by atoms with Crippen molar-refractivity contribution in [2.45, 2.75) is 13.8 Å². The molecule has 0 saturated carbocycles. The van der Waals surface area contributed by atoms with Crippen molar-refractivity contribution in [3.05, 3.63) is 46.6 Å². The summed E-state index contributed by atoms with van der Waals surface area (Å²) in [6.45, 7) is 3.94. The number of hydrogen-bond donors (Lipinski definition) is 1. The van der Waals surface area contributed by atoms with Crippen LogP contribution in [0.25, 0.3) is 16.9 Å². The molecule has 0 spiro atoms. The minimum atomic E-state index is 0.389. The molecule has 4 nitrogen and oxygen atoms in total. The quantitative estimate of drug-likeness (QED) is 0.740. The van der Waals surface area contributed by atoms with Gasteiger partial charge in [-0.05, 0) is 43.7 Å². The van der Waals surface area contributed by atoms with E-state index in [-0.39, 0.29) is 0 Å². The van der Waals surface area contributed by atoms with E-state index in [4.69, 9.17) is 17.3 Å². The van der Waals surface area contributed by atoms with Crippen LogP contribution in [0.5, 0.6) is 0 Å². The number of hydrogen-bond acceptors (Lipinski definition) is 3. The average Bonchev–Trinajstić information content (AvgIpc) is 2.68. The molecule has 2 aromatic heterocycles. The van der Waals surface area contributed by atoms with E-state index in [0.717, 1.165) is 28.1 Å². The highest BCUT2D eigenvalue weighted by Gasteiger charge is 2.14. The van der Waals surface area contributed by atoms with E-state index in [1.165, 1.54) is 0 Å². The van der Waals surface area contributed by atoms with Crippen LogP contribution in [0.15, 0.2) is 30.3 Å². The zero-order chi connectivity index (χ0) is 13.6. The lowest BCUT2D eigenvalue weighted by Gasteiger charge is -2.09. The first kappa shape index (κ1) is 12.0. The molecular weight excluding hydrogens is 260 g/mol. The Kier molecular flexibility index (Phi) is 2.68. The van der Waals surface area contributed by atoms with Crippen LogP contribution in [0.2, 0.25) is 5.02 Å². The highest BCUT2D eigenvalue weighted by Crippen LogP contribution is 2.28. The van der Waals surface area contributed by atoms with Gasteiger partial charge in [0.05, 0.1) is 10.7 Å². The summed E-state index contributed by atoms with van der Waals surface area (Å²) in [4.78, 5) is 8.83. The van der Waals surface area contributed by atoms with Gasteiger partial charge in [0.15, 0.2) is 5.65 Å². The van der Waals surface area contributed by atoms with Crippen molar-refractivity contribution in [3.8, 4) is 5.69 Å². The lowest BCUT2D eigenvalue weighted by atomic mass is 10.2. The fourth-order valence-corrected chi connectivity index (χ4v) is 2.30. The molecule has 96 valence electrons. The number of benzene rings is 1. The van der Waals surface area contributed by atoms with Gasteiger partial charge in [-0.25, -0.2) is 9.97 Å². The first-order valence-corrected chi connectivity index (χ1v) is 6.32. The maximum Gasteiger partial charge on any atom is 0.207 e. The normalized spacial score (nSPS) is 11.1. The number of nitrogens with two attached hydrogens (primary N) is 1. The summed E-state index contributed by atoms with van der Waals surface area (Å²) in [6.07, 6.45) is 0. The van der Waals surface area contributed by atoms with Gasteiger partial charge in [0, 0.05) is 5.69 Å². The van der Waals surface area contributed by atoms with Crippen molar-refractivity contribution in [3.63, 3.8) is 0 Å². The van der Waals surface area contributed by atoms with Crippen LogP contribution in [-0.4, -0.2) is 14.5 Å². The minimum Gasteiger partial charge on any atom is -0.369 e. The van der Waals surface area contributed by atoms with Gasteiger partial charge < -0.3 is 5.73 Å². The Morgan fingerprint density at radius 3 is 2.68 bits per heavy atom. The summed E-state index contributed by atoms with van der Waals surface area (Å²) < 4.78 is 1.79. The van der Waals surface area contributed by atoms with E-state index < -0.39 is 0 Å². The van der Waals surface area contributed by atoms with Crippen molar-refractivity contribution in [1.29, 1.82) is 0 Å². The number of nitrogen functional groups attached to an aromatic ring is 1. The lowest BCUT2D eigenvalue weighted by molar-refractivity contribution is 1.07. The second-order valence-corrected chi connectivity index (χ2v) is 4.96. The molecule has 0 bridgehead atoms. The number of anilines is 1. The molecule has 0 fully saturated rings. The van der Waals surface area contributed by atoms with Crippen LogP contribution in [0.4, 0.5) is 5.95 Å². The van der Waals surface area contributed by atoms with Crippen LogP contribution in [0.1, 0.15) is 11.3 Å². The Balaban J connectivity index is 2.38. The number of pyridine rings is 1. The SMILES string of the molecule is Cc1ccc(Cl)c(-n2c(N)nc3ccc(C)nc32)c1. The first-order chi connectivity index (χ1) is 9.06. The zero-order valence-corrected chi connectivity index (χ0v) is 11.4. The third-order valence-corrected chi connectivity index (χ3v) is 3.33. The number of imidazole rings is 1. The third kappa shape index (κ3) is 1.94. The smallest absolute Gasteiger partial charge is 0.207 e. The molecule has 0 amide bonds. The number of nitrogens with zero attached hydrogens (tertiary/aromatic N) is 3. The van der Waals surface area contributed by atoms with E-state index in [1.54, 1.807) is 4.57 Å². The molecule has 19 heavy (non-hydrogen) atoms. The summed E-state index contributed by atoms with van der Waals surface area (Å²) in [6, 6.07) is 9.61. The third-order valence-electron chi connectivity index (χ3n) is 3.01. The minimum absolute atomic E-state index is 0.389. The van der Waals surface area contributed by atoms with Gasteiger partial charge in [-0.15, -0.1) is 0 Å². The van der Waals surface area contributed by atoms with E-state index in [1.807, 2.05) is 44.2 Å². The molecule has 5 heteroatoms. The monoisotopic (exact) mass is 272 g/mol. The van der Waals surface area contributed by atoms with Gasteiger partial charge >= 0.3 is 0 Å². The predicted molar refractivity (Wildman–Crippen MR) is 77.8 cm³/mol. The summed E-state index contributed by atoms with van der Waals surface area (Å²) in [7, 11) is 0. The lowest BCUT2D eigenvalue weighted by Crippen LogP contribution is -2.02. The second-order valence-electron chi connectivity index (χ2n) is 4.56. The van der Waals surface area contributed by atoms with Crippen LogP contribution < -0.4 is 5.73 Å². The fourth-order valence-electron chi connectivity index (χ4n) is 2.10. The summed E-state index contributed by atoms with van der Waals surface area (Å²) >= 11 is 6.27. The number of aromatic nitrogens is 3. The Morgan fingerprint density at radius 1 is 1.11 bits per heavy atom. The van der Waals surface area contributed by atoms with E-state index >= 15 is 0 Å². The Labute approximate surface area is 115 Å². The average molecular weight is 273 g/mol. The molecule has 2 N–H and O–H groups in total. The van der Waals surface area contributed by atoms with Crippen molar-refractivity contribution in [1.82, 2.24) is 14.5 Å². The van der Waals surface area contributed by atoms with Crippen LogP contribution >= 0.6 is 11.6 Å². The van der Waals surface area contributed by atoms with Gasteiger partial charge in [-0.2, -0.15) is 0 Å². The van der Waals surface area contributed by atoms with Crippen LogP contribution in [0.3, 0.4) is 0 Å². The number of fused-ring (bicyclic) bond motifs is 1. The van der Waals surface area contributed by atoms with Crippen molar-refractivity contribution in [2.75, 3.05) is 5.73 Å². The molecule has 0 atom stereocenters. The predicted octanol–water partition coefficient (Wildman–Crippen LogP) is 3.27. The summed E-state index contributed by atoms with van der Waals surface area (Å²) in [5, 5.41) is 0.625. The molecular formula is C14H13ClN4. The van der Waals surface area contributed by atoms with E-state index in [2.05, 4.69) is 9.97 Å². The van der Waals surface area contributed by atoms with Crippen molar-refractivity contribution in [2.24, 2.45) is 0 Å². The van der Waals surface area contributed by atoms with Gasteiger partial charge in [0.25, 0.3) is 0 Å². The fraction of sp³-hybridized carbons (Fsp3) is 0.143. The van der Waals surface area contributed by atoms with Crippen molar-refractivity contribution < 1.29 is 0 Å². The molecule has 3 aromatic rings. The molecule has 3 rings (SSSR count). The number of rotatable bonds is 1. The molecule has 0 radical (unpaired) electrons. The highest BCUT2D eigenvalue weighted by atomic mass is 35.5. The molecule has 0 saturated heterocycles. The number of aryl methyl sites for hydroxylation is 2. The molecule has 2 heterocycles. The van der Waals surface area contributed by atoms with Gasteiger partial charge in [-0.3, -0.25) is 4.57 Å². The van der Waals surface area contributed by atoms with Crippen molar-refractivity contribution >= 4 is 28.7 Å². The standard InChI is InChI=1S/C14H13ClN4/c1-8-3-5-10(15)12(7-8)19-13-11(18-14(19)16)6-4-9(2)17-13/h3-7H,1-2H3,(H2,16,18). The molecule has 0 aliphatic rings. The van der Waals surface area contributed by atoms with Gasteiger partial charge in [0.2, 0.25) is 5.95 Å². The first-order valence-electron chi connectivity index (χ1n) is 5.94. The molecule has 0 unspecified atom stereocenters. The van der Waals surface area contributed by atoms with E-state index in [0.29, 0.717) is 11.0 Å². The Bertz CT molecular complexity index is 776. The second kappa shape index (κ2) is 4.24. The van der Waals surface area contributed by atoms with Crippen LogP contribution in [-0.2, 0) is 0 Å². The largest absolute Gasteiger partial charge is 0.369 e. The number of halogens is 1. The highest BCUT2D eigenvalue weighted by molar-refractivity contribution is 6.32. The topological polar surface area (TPSA) is 56.7 Å². The Morgan fingerprint density at radius 2 is 1.89 bits per heavy atom. The summed E-state index contributed by atoms with van der Waals surface area (Å²) in [5.74, 6) is 0.389. The maximum atomic E-state index is 6.27. The summed E-state index contributed by atoms with van der Waals surface area (Å²) in [5.41, 5.74) is 10.3. The van der Waals surface area contributed by atoms with Gasteiger partial charge in [-0.1, -0.05) is 17.7 Å². The molecule has 0 aliphatic carbocycles. The Hall–Kier alpha value is -2.07. The molecule has 1 aromatic carbocycles. The molecule has 0 aliphatic heterocycles. The maximum absolute atomic E-state index is 6.27. The van der Waals surface area contributed by atoms with E-state index in [9.17, 15) is 0 Å². The van der Waals surface area contributed by atoms with Crippen LogP contribution in [0, 0.1) is 13.8 Å². The van der Waals surface area contributed by atoms with Gasteiger partial charge in [0.1, 0.15) is 5.52 Å². The zero-order valence-electron chi connectivity index (χ0n) is 10.7.